The number of hydrogen-bond acceptors (Lipinski definition) is 6. The van der Waals surface area contributed by atoms with Crippen LogP contribution in [0.1, 0.15) is 18.5 Å². The van der Waals surface area contributed by atoms with Crippen molar-refractivity contribution in [3.05, 3.63) is 68.2 Å². The number of hydrogen-bond donors (Lipinski definition) is 4. The highest BCUT2D eigenvalue weighted by atomic mass is 35.5. The number of aromatic hydroxyl groups is 1. The molecule has 0 amide bonds. The lowest BCUT2D eigenvalue weighted by Crippen LogP contribution is -2.20. The van der Waals surface area contributed by atoms with Crippen LogP contribution in [0.25, 0.3) is 11.7 Å². The fraction of sp³-hybridized carbons (Fsp3) is 0.200. The fourth-order valence-electron chi connectivity index (χ4n) is 3.13. The summed E-state index contributed by atoms with van der Waals surface area (Å²) in [4.78, 5) is 25.5. The highest BCUT2D eigenvalue weighted by Gasteiger charge is 2.20. The van der Waals surface area contributed by atoms with E-state index >= 15 is 0 Å². The van der Waals surface area contributed by atoms with Gasteiger partial charge in [0.15, 0.2) is 11.1 Å². The number of rotatable bonds is 5. The highest BCUT2D eigenvalue weighted by molar-refractivity contribution is 6.31. The number of H-pyrrole nitrogens is 2. The largest absolute Gasteiger partial charge is 0.493 e. The molecule has 31 heavy (non-hydrogen) atoms. The molecule has 3 aromatic heterocycles. The Labute approximate surface area is 178 Å². The van der Waals surface area contributed by atoms with Crippen LogP contribution in [0.5, 0.6) is 5.88 Å². The molecule has 158 valence electrons. The van der Waals surface area contributed by atoms with Crippen molar-refractivity contribution in [2.75, 3.05) is 11.9 Å². The maximum absolute atomic E-state index is 13.5. The van der Waals surface area contributed by atoms with Crippen LogP contribution in [0.4, 0.5) is 15.9 Å². The number of nitrogens with one attached hydrogen (secondary N) is 3. The number of aromatic nitrogens is 5. The van der Waals surface area contributed by atoms with Crippen molar-refractivity contribution in [2.24, 2.45) is 10.9 Å². The second kappa shape index (κ2) is 7.55. The monoisotopic (exact) mass is 441 g/mol. The predicted octanol–water partition coefficient (Wildman–Crippen LogP) is 1.85. The molecule has 1 saturated carbocycles. The maximum Gasteiger partial charge on any atom is 0.326 e. The van der Waals surface area contributed by atoms with Gasteiger partial charge in [0.2, 0.25) is 5.88 Å². The van der Waals surface area contributed by atoms with Gasteiger partial charge in [-0.25, -0.2) is 14.2 Å². The Hall–Kier alpha value is -3.66. The predicted molar refractivity (Wildman–Crippen MR) is 113 cm³/mol. The van der Waals surface area contributed by atoms with Crippen LogP contribution in [-0.2, 0) is 0 Å². The van der Waals surface area contributed by atoms with E-state index < -0.39 is 11.5 Å². The SMILES string of the molecule is O=c1[nH]c(O)c(/C=c2\cnn3c(=NCC4CC4)cc(Nc4ccc(F)c(Cl)c4)nc23)[nH]1. The number of imidazole rings is 1. The zero-order valence-electron chi connectivity index (χ0n) is 16.1. The molecule has 5 rings (SSSR count). The zero-order valence-corrected chi connectivity index (χ0v) is 16.8. The van der Waals surface area contributed by atoms with Crippen LogP contribution in [0.3, 0.4) is 0 Å². The summed E-state index contributed by atoms with van der Waals surface area (Å²) in [5.41, 5.74) is 1.31. The molecule has 1 aliphatic rings. The van der Waals surface area contributed by atoms with Gasteiger partial charge in [0, 0.05) is 23.5 Å². The molecule has 0 spiro atoms. The third-order valence-electron chi connectivity index (χ3n) is 4.92. The number of benzene rings is 1. The van der Waals surface area contributed by atoms with Crippen LogP contribution in [0.15, 0.2) is 40.2 Å². The molecular weight excluding hydrogens is 425 g/mol. The number of aromatic amines is 2. The van der Waals surface area contributed by atoms with Crippen LogP contribution in [0, 0.1) is 11.7 Å². The van der Waals surface area contributed by atoms with Crippen molar-refractivity contribution in [3.8, 4) is 5.88 Å². The smallest absolute Gasteiger partial charge is 0.326 e. The Morgan fingerprint density at radius 1 is 1.35 bits per heavy atom. The van der Waals surface area contributed by atoms with Gasteiger partial charge in [-0.05, 0) is 43.0 Å². The van der Waals surface area contributed by atoms with Gasteiger partial charge >= 0.3 is 5.69 Å². The van der Waals surface area contributed by atoms with E-state index in [1.54, 1.807) is 28.9 Å². The molecule has 1 aliphatic carbocycles. The molecule has 3 heterocycles. The molecule has 4 N–H and O–H groups in total. The summed E-state index contributed by atoms with van der Waals surface area (Å²) in [7, 11) is 0. The second-order valence-corrected chi connectivity index (χ2v) is 7.77. The van der Waals surface area contributed by atoms with Crippen molar-refractivity contribution in [1.82, 2.24) is 24.6 Å². The summed E-state index contributed by atoms with van der Waals surface area (Å²) in [6.45, 7) is 0.686. The molecule has 0 unspecified atom stereocenters. The van der Waals surface area contributed by atoms with Crippen molar-refractivity contribution in [2.45, 2.75) is 12.8 Å². The molecule has 11 heteroatoms. The van der Waals surface area contributed by atoms with Crippen molar-refractivity contribution in [3.63, 3.8) is 0 Å². The van der Waals surface area contributed by atoms with E-state index in [4.69, 9.17) is 11.6 Å². The number of halogens is 2. The molecule has 0 radical (unpaired) electrons. The summed E-state index contributed by atoms with van der Waals surface area (Å²) in [6, 6.07) is 6.04. The van der Waals surface area contributed by atoms with Gasteiger partial charge in [-0.15, -0.1) is 0 Å². The third kappa shape index (κ3) is 4.02. The van der Waals surface area contributed by atoms with E-state index in [2.05, 4.69) is 30.4 Å². The lowest BCUT2D eigenvalue weighted by atomic mass is 10.3. The van der Waals surface area contributed by atoms with Crippen molar-refractivity contribution >= 4 is 34.8 Å². The Balaban J connectivity index is 1.64. The zero-order chi connectivity index (χ0) is 21.5. The van der Waals surface area contributed by atoms with Gasteiger partial charge in [-0.3, -0.25) is 9.98 Å². The lowest BCUT2D eigenvalue weighted by molar-refractivity contribution is 0.454. The van der Waals surface area contributed by atoms with Gasteiger partial charge in [-0.2, -0.15) is 9.61 Å². The lowest BCUT2D eigenvalue weighted by Gasteiger charge is -2.07. The first-order valence-electron chi connectivity index (χ1n) is 9.60. The van der Waals surface area contributed by atoms with E-state index in [-0.39, 0.29) is 16.6 Å². The topological polar surface area (TPSA) is 123 Å². The van der Waals surface area contributed by atoms with Gasteiger partial charge in [0.1, 0.15) is 17.3 Å². The summed E-state index contributed by atoms with van der Waals surface area (Å²) in [5, 5.41) is 17.9. The van der Waals surface area contributed by atoms with E-state index in [0.29, 0.717) is 40.3 Å². The minimum atomic E-state index is -0.524. The minimum absolute atomic E-state index is 0.00464. The highest BCUT2D eigenvalue weighted by Crippen LogP contribution is 2.28. The Morgan fingerprint density at radius 3 is 2.90 bits per heavy atom. The van der Waals surface area contributed by atoms with Gasteiger partial charge in [0.05, 0.1) is 11.2 Å². The average molecular weight is 442 g/mol. The molecule has 0 atom stereocenters. The molecule has 9 nitrogen and oxygen atoms in total. The first kappa shape index (κ1) is 19.3. The molecule has 0 saturated heterocycles. The summed E-state index contributed by atoms with van der Waals surface area (Å²) < 4.78 is 15.1. The molecule has 0 bridgehead atoms. The van der Waals surface area contributed by atoms with Crippen LogP contribution in [-0.4, -0.2) is 36.2 Å². The van der Waals surface area contributed by atoms with Crippen molar-refractivity contribution in [1.29, 1.82) is 0 Å². The fourth-order valence-corrected chi connectivity index (χ4v) is 3.32. The first-order chi connectivity index (χ1) is 15.0. The quantitative estimate of drug-likeness (QED) is 0.376. The van der Waals surface area contributed by atoms with E-state index in [1.807, 2.05) is 0 Å². The number of nitrogens with zero attached hydrogens (tertiary/aromatic N) is 4. The maximum atomic E-state index is 13.5. The summed E-state index contributed by atoms with van der Waals surface area (Å²) >= 11 is 5.88. The van der Waals surface area contributed by atoms with Crippen LogP contribution in [0.2, 0.25) is 5.02 Å². The van der Waals surface area contributed by atoms with E-state index in [0.717, 1.165) is 12.8 Å². The summed E-state index contributed by atoms with van der Waals surface area (Å²) in [6.07, 6.45) is 5.46. The van der Waals surface area contributed by atoms with E-state index in [1.165, 1.54) is 12.1 Å². The Bertz CT molecular complexity index is 1470. The summed E-state index contributed by atoms with van der Waals surface area (Å²) in [5.74, 6) is 0.257. The molecule has 0 aliphatic heterocycles. The van der Waals surface area contributed by atoms with E-state index in [9.17, 15) is 14.3 Å². The number of fused-ring (bicyclic) bond motifs is 1. The van der Waals surface area contributed by atoms with Crippen molar-refractivity contribution < 1.29 is 9.50 Å². The van der Waals surface area contributed by atoms with Gasteiger partial charge < -0.3 is 15.4 Å². The molecule has 1 aromatic carbocycles. The third-order valence-corrected chi connectivity index (χ3v) is 5.21. The standard InChI is InChI=1S/C20H17ClFN7O2/c21-13-6-12(3-4-14(13)22)25-16-7-17(23-8-10-1-2-10)29-18(27-16)11(9-24-29)5-15-19(30)28-20(31)26-15/h3-7,9-10,25,30H,1-2,8H2,(H2,26,28,31)/b11-5+,23-17?. The van der Waals surface area contributed by atoms with Crippen LogP contribution < -0.4 is 21.7 Å². The second-order valence-electron chi connectivity index (χ2n) is 7.36. The molecule has 4 aromatic rings. The molecule has 1 fully saturated rings. The Morgan fingerprint density at radius 2 is 2.19 bits per heavy atom. The molecular formula is C20H17ClFN7O2. The minimum Gasteiger partial charge on any atom is -0.493 e. The average Bonchev–Trinajstić information content (AvgIpc) is 3.40. The Kier molecular flexibility index (Phi) is 4.70. The first-order valence-corrected chi connectivity index (χ1v) is 9.98. The van der Waals surface area contributed by atoms with Gasteiger partial charge in [-0.1, -0.05) is 11.6 Å². The van der Waals surface area contributed by atoms with Crippen LogP contribution >= 0.6 is 11.6 Å². The normalized spacial score (nSPS) is 15.2. The van der Waals surface area contributed by atoms with Gasteiger partial charge in [0.25, 0.3) is 0 Å². The number of anilines is 2.